The second-order valence-electron chi connectivity index (χ2n) is 6.92. The molecule has 1 amide bonds. The number of aromatic nitrogens is 1. The number of carbonyl (C=O) groups is 1. The van der Waals surface area contributed by atoms with Gasteiger partial charge in [-0.05, 0) is 26.0 Å². The molecule has 1 aromatic heterocycles. The summed E-state index contributed by atoms with van der Waals surface area (Å²) in [5.74, 6) is 0.780. The number of fused-ring (bicyclic) bond motifs is 1. The van der Waals surface area contributed by atoms with Crippen molar-refractivity contribution in [1.29, 1.82) is 0 Å². The maximum Gasteiger partial charge on any atom is 0.267 e. The lowest BCUT2D eigenvalue weighted by Crippen LogP contribution is -2.67. The molecule has 3 fully saturated rings. The lowest BCUT2D eigenvalue weighted by molar-refractivity contribution is -0.140. The van der Waals surface area contributed by atoms with Crippen molar-refractivity contribution in [1.82, 2.24) is 15.2 Å². The number of hydrogen-bond donors (Lipinski definition) is 1. The fourth-order valence-electron chi connectivity index (χ4n) is 3.77. The molecule has 3 saturated heterocycles. The van der Waals surface area contributed by atoms with Crippen LogP contribution in [0.5, 0.6) is 5.75 Å². The van der Waals surface area contributed by atoms with Crippen molar-refractivity contribution in [3.05, 3.63) is 60.0 Å². The lowest BCUT2D eigenvalue weighted by Gasteiger charge is -2.46. The molecular formula is C21H21N5O2S. The maximum atomic E-state index is 13.1. The van der Waals surface area contributed by atoms with Crippen molar-refractivity contribution in [2.45, 2.75) is 25.9 Å². The minimum absolute atomic E-state index is 0.0212. The standard InChI is InChI=1S/C21H21N5O2S/c1-3-28-18-12-8-7-11-16(18)23-25-19-14(2)26(25)24(20(19)27)21-22-17(13-29-21)15-9-5-4-6-10-15/h4-14,19,23H,3H2,1-2H3. The number of carbonyl (C=O) groups excluding carboxylic acids is 1. The van der Waals surface area contributed by atoms with Crippen molar-refractivity contribution in [2.24, 2.45) is 0 Å². The minimum atomic E-state index is -0.270. The van der Waals surface area contributed by atoms with Gasteiger partial charge in [-0.2, -0.15) is 5.01 Å². The van der Waals surface area contributed by atoms with Gasteiger partial charge in [-0.15, -0.1) is 21.6 Å². The Bertz CT molecular complexity index is 1040. The summed E-state index contributed by atoms with van der Waals surface area (Å²) < 4.78 is 5.70. The molecular weight excluding hydrogens is 386 g/mol. The summed E-state index contributed by atoms with van der Waals surface area (Å²) in [5, 5.41) is 8.10. The zero-order chi connectivity index (χ0) is 20.0. The van der Waals surface area contributed by atoms with E-state index in [2.05, 4.69) is 5.43 Å². The van der Waals surface area contributed by atoms with E-state index in [4.69, 9.17) is 9.72 Å². The Morgan fingerprint density at radius 1 is 1.14 bits per heavy atom. The van der Waals surface area contributed by atoms with E-state index < -0.39 is 0 Å². The molecule has 3 unspecified atom stereocenters. The van der Waals surface area contributed by atoms with Gasteiger partial charge in [0.2, 0.25) is 5.13 Å². The van der Waals surface area contributed by atoms with Crippen LogP contribution in [0.1, 0.15) is 13.8 Å². The van der Waals surface area contributed by atoms with Gasteiger partial charge < -0.3 is 4.74 Å². The molecule has 0 radical (unpaired) electrons. The van der Waals surface area contributed by atoms with Crippen LogP contribution in [0, 0.1) is 0 Å². The van der Waals surface area contributed by atoms with E-state index in [1.165, 1.54) is 11.3 Å². The molecule has 3 aromatic rings. The van der Waals surface area contributed by atoms with Crippen molar-refractivity contribution in [3.63, 3.8) is 0 Å². The lowest BCUT2D eigenvalue weighted by atomic mass is 10.1. The first kappa shape index (κ1) is 18.1. The largest absolute Gasteiger partial charge is 0.492 e. The summed E-state index contributed by atoms with van der Waals surface area (Å²) in [4.78, 5) is 17.8. The predicted octanol–water partition coefficient (Wildman–Crippen LogP) is 3.79. The van der Waals surface area contributed by atoms with Crippen molar-refractivity contribution < 1.29 is 9.53 Å². The van der Waals surface area contributed by atoms with Crippen LogP contribution in [0.25, 0.3) is 11.3 Å². The zero-order valence-electron chi connectivity index (χ0n) is 16.1. The third-order valence-electron chi connectivity index (χ3n) is 5.14. The first-order chi connectivity index (χ1) is 14.2. The van der Waals surface area contributed by atoms with Gasteiger partial charge in [-0.3, -0.25) is 10.2 Å². The number of benzene rings is 2. The first-order valence-electron chi connectivity index (χ1n) is 9.60. The smallest absolute Gasteiger partial charge is 0.267 e. The molecule has 3 aliphatic rings. The Morgan fingerprint density at radius 3 is 2.69 bits per heavy atom. The number of para-hydroxylation sites is 2. The monoisotopic (exact) mass is 407 g/mol. The highest BCUT2D eigenvalue weighted by atomic mass is 32.1. The van der Waals surface area contributed by atoms with Crippen molar-refractivity contribution in [3.8, 4) is 17.0 Å². The number of thiazole rings is 1. The van der Waals surface area contributed by atoms with Crippen LogP contribution in [-0.2, 0) is 4.79 Å². The fraction of sp³-hybridized carbons (Fsp3) is 0.238. The molecule has 0 saturated carbocycles. The average molecular weight is 407 g/mol. The molecule has 0 aliphatic carbocycles. The van der Waals surface area contributed by atoms with Gasteiger partial charge >= 0.3 is 0 Å². The van der Waals surface area contributed by atoms with Crippen LogP contribution in [0.15, 0.2) is 60.0 Å². The molecule has 3 atom stereocenters. The number of hydrazine groups is 3. The summed E-state index contributed by atoms with van der Waals surface area (Å²) >= 11 is 1.47. The molecule has 29 heavy (non-hydrogen) atoms. The molecule has 4 heterocycles. The number of rotatable bonds is 6. The van der Waals surface area contributed by atoms with Crippen LogP contribution >= 0.6 is 11.3 Å². The van der Waals surface area contributed by atoms with E-state index in [0.717, 1.165) is 22.7 Å². The number of nitrogens with one attached hydrogen (secondary N) is 1. The number of anilines is 2. The summed E-state index contributed by atoms with van der Waals surface area (Å²) in [6.07, 6.45) is 0. The summed E-state index contributed by atoms with van der Waals surface area (Å²) in [5.41, 5.74) is 6.08. The van der Waals surface area contributed by atoms with Crippen LogP contribution in [-0.4, -0.2) is 39.8 Å². The van der Waals surface area contributed by atoms with E-state index >= 15 is 0 Å². The highest BCUT2D eigenvalue weighted by molar-refractivity contribution is 7.14. The highest BCUT2D eigenvalue weighted by Gasteiger charge is 2.63. The maximum absolute atomic E-state index is 13.1. The van der Waals surface area contributed by atoms with Gasteiger partial charge in [-0.25, -0.2) is 4.98 Å². The normalized spacial score (nSPS) is 23.2. The third-order valence-corrected chi connectivity index (χ3v) is 5.95. The molecule has 2 aromatic carbocycles. The molecule has 3 aliphatic heterocycles. The second-order valence-corrected chi connectivity index (χ2v) is 7.76. The minimum Gasteiger partial charge on any atom is -0.492 e. The van der Waals surface area contributed by atoms with E-state index in [1.54, 1.807) is 5.01 Å². The predicted molar refractivity (Wildman–Crippen MR) is 113 cm³/mol. The van der Waals surface area contributed by atoms with Crippen molar-refractivity contribution in [2.75, 3.05) is 17.0 Å². The number of amides is 1. The molecule has 6 rings (SSSR count). The highest BCUT2D eigenvalue weighted by Crippen LogP contribution is 2.43. The third kappa shape index (κ3) is 2.88. The van der Waals surface area contributed by atoms with Crippen LogP contribution in [0.3, 0.4) is 0 Å². The summed E-state index contributed by atoms with van der Waals surface area (Å²) in [6, 6.07) is 17.5. The average Bonchev–Trinajstić information content (AvgIpc) is 3.40. The Balaban J connectivity index is 1.40. The van der Waals surface area contributed by atoms with E-state index in [1.807, 2.05) is 84.1 Å². The quantitative estimate of drug-likeness (QED) is 0.671. The SMILES string of the molecule is CCOc1ccccc1NN1C2C(=O)N(c3nc(-c4ccccc4)cs3)N1C2C. The van der Waals surface area contributed by atoms with Crippen LogP contribution in [0.4, 0.5) is 10.8 Å². The topological polar surface area (TPSA) is 60.9 Å². The van der Waals surface area contributed by atoms with E-state index in [0.29, 0.717) is 11.7 Å². The van der Waals surface area contributed by atoms with Gasteiger partial charge in [0.15, 0.2) is 0 Å². The zero-order valence-corrected chi connectivity index (χ0v) is 17.0. The molecule has 1 N–H and O–H groups in total. The molecule has 0 spiro atoms. The van der Waals surface area contributed by atoms with Gasteiger partial charge in [0, 0.05) is 10.9 Å². The number of hydrogen-bond acceptors (Lipinski definition) is 7. The Kier molecular flexibility index (Phi) is 4.46. The van der Waals surface area contributed by atoms with E-state index in [9.17, 15) is 4.79 Å². The Morgan fingerprint density at radius 2 is 1.90 bits per heavy atom. The van der Waals surface area contributed by atoms with Gasteiger partial charge in [0.25, 0.3) is 5.91 Å². The van der Waals surface area contributed by atoms with Crippen LogP contribution < -0.4 is 15.2 Å². The molecule has 148 valence electrons. The second kappa shape index (κ2) is 7.14. The number of nitrogens with zero attached hydrogens (tertiary/aromatic N) is 4. The van der Waals surface area contributed by atoms with Gasteiger partial charge in [0.1, 0.15) is 11.8 Å². The van der Waals surface area contributed by atoms with Gasteiger partial charge in [-0.1, -0.05) is 42.5 Å². The van der Waals surface area contributed by atoms with Crippen LogP contribution in [0.2, 0.25) is 0 Å². The fourth-order valence-corrected chi connectivity index (χ4v) is 4.60. The van der Waals surface area contributed by atoms with Crippen molar-refractivity contribution >= 4 is 28.1 Å². The first-order valence-corrected chi connectivity index (χ1v) is 10.5. The Labute approximate surface area is 173 Å². The summed E-state index contributed by atoms with van der Waals surface area (Å²) in [6.45, 7) is 4.57. The molecule has 7 nitrogen and oxygen atoms in total. The van der Waals surface area contributed by atoms with Gasteiger partial charge in [0.05, 0.1) is 24.0 Å². The Hall–Kier alpha value is -2.94. The summed E-state index contributed by atoms with van der Waals surface area (Å²) in [7, 11) is 0. The molecule has 2 bridgehead atoms. The molecule has 8 heteroatoms. The number of ether oxygens (including phenoxy) is 1. The van der Waals surface area contributed by atoms with E-state index in [-0.39, 0.29) is 18.0 Å².